The first-order valence-electron chi connectivity index (χ1n) is 6.26. The van der Waals surface area contributed by atoms with E-state index in [1.165, 1.54) is 5.56 Å². The lowest BCUT2D eigenvalue weighted by molar-refractivity contribution is 0.0624. The average Bonchev–Trinajstić information content (AvgIpc) is 2.76. The number of aryl methyl sites for hydroxylation is 1. The summed E-state index contributed by atoms with van der Waals surface area (Å²) < 4.78 is 5.42. The maximum atomic E-state index is 5.42. The standard InChI is InChI=1S/C13H17N3OS/c1-10-2-5-14-8-11(10)15-12-16-13(9-18-12)3-6-17-7-4-13/h2,5,8H,3-4,6-7,9H2,1H3,(H,15,16). The number of thioether (sulfide) groups is 1. The number of amidine groups is 1. The van der Waals surface area contributed by atoms with Gasteiger partial charge in [0.2, 0.25) is 0 Å². The number of hydrogen-bond donors (Lipinski definition) is 1. The van der Waals surface area contributed by atoms with E-state index in [0.717, 1.165) is 42.7 Å². The predicted octanol–water partition coefficient (Wildman–Crippen LogP) is 2.45. The van der Waals surface area contributed by atoms with Crippen LogP contribution in [0.15, 0.2) is 23.5 Å². The van der Waals surface area contributed by atoms with E-state index in [4.69, 9.17) is 9.73 Å². The second-order valence-electron chi connectivity index (χ2n) is 4.86. The van der Waals surface area contributed by atoms with Crippen LogP contribution < -0.4 is 5.32 Å². The first kappa shape index (κ1) is 12.0. The third kappa shape index (κ3) is 2.37. The zero-order chi connectivity index (χ0) is 12.4. The number of pyridine rings is 1. The van der Waals surface area contributed by atoms with Crippen molar-refractivity contribution >= 4 is 22.6 Å². The number of nitrogens with zero attached hydrogens (tertiary/aromatic N) is 2. The molecular weight excluding hydrogens is 246 g/mol. The van der Waals surface area contributed by atoms with Crippen molar-refractivity contribution in [2.24, 2.45) is 4.99 Å². The number of nitrogens with one attached hydrogen (secondary N) is 1. The predicted molar refractivity (Wildman–Crippen MR) is 75.3 cm³/mol. The van der Waals surface area contributed by atoms with Crippen LogP contribution in [0, 0.1) is 6.92 Å². The lowest BCUT2D eigenvalue weighted by atomic mass is 9.93. The number of ether oxygens (including phenoxy) is 1. The Bertz CT molecular complexity index is 469. The Hall–Kier alpha value is -1.07. The maximum Gasteiger partial charge on any atom is 0.161 e. The molecular formula is C13H17N3OS. The zero-order valence-electron chi connectivity index (χ0n) is 10.5. The van der Waals surface area contributed by atoms with Crippen molar-refractivity contribution < 1.29 is 4.74 Å². The molecule has 1 spiro atoms. The molecule has 0 aliphatic carbocycles. The van der Waals surface area contributed by atoms with Crippen molar-refractivity contribution in [2.45, 2.75) is 25.3 Å². The first-order valence-corrected chi connectivity index (χ1v) is 7.24. The van der Waals surface area contributed by atoms with Crippen molar-refractivity contribution in [3.63, 3.8) is 0 Å². The van der Waals surface area contributed by atoms with E-state index in [-0.39, 0.29) is 5.54 Å². The molecule has 0 aromatic carbocycles. The van der Waals surface area contributed by atoms with Crippen molar-refractivity contribution in [3.05, 3.63) is 24.0 Å². The lowest BCUT2D eigenvalue weighted by Gasteiger charge is -2.29. The van der Waals surface area contributed by atoms with Gasteiger partial charge in [-0.2, -0.15) is 0 Å². The molecule has 1 N–H and O–H groups in total. The molecule has 0 atom stereocenters. The summed E-state index contributed by atoms with van der Waals surface area (Å²) >= 11 is 1.81. The Morgan fingerprint density at radius 1 is 1.39 bits per heavy atom. The van der Waals surface area contributed by atoms with Gasteiger partial charge < -0.3 is 10.1 Å². The molecule has 96 valence electrons. The van der Waals surface area contributed by atoms with Gasteiger partial charge in [0.1, 0.15) is 0 Å². The smallest absolute Gasteiger partial charge is 0.161 e. The molecule has 18 heavy (non-hydrogen) atoms. The second kappa shape index (κ2) is 4.90. The van der Waals surface area contributed by atoms with Crippen LogP contribution in [0.4, 0.5) is 5.69 Å². The normalized spacial score (nSPS) is 21.9. The van der Waals surface area contributed by atoms with Crippen LogP contribution in [0.2, 0.25) is 0 Å². The summed E-state index contributed by atoms with van der Waals surface area (Å²) in [6, 6.07) is 2.01. The minimum atomic E-state index is 0.112. The fourth-order valence-corrected chi connectivity index (χ4v) is 3.46. The molecule has 3 rings (SSSR count). The number of hydrogen-bond acceptors (Lipinski definition) is 5. The van der Waals surface area contributed by atoms with E-state index in [0.29, 0.717) is 0 Å². The Labute approximate surface area is 111 Å². The van der Waals surface area contributed by atoms with Crippen LogP contribution in [0.25, 0.3) is 0 Å². The zero-order valence-corrected chi connectivity index (χ0v) is 11.3. The second-order valence-corrected chi connectivity index (χ2v) is 5.82. The maximum absolute atomic E-state index is 5.42. The van der Waals surface area contributed by atoms with E-state index >= 15 is 0 Å². The van der Waals surface area contributed by atoms with Gasteiger partial charge in [0.05, 0.1) is 17.4 Å². The first-order chi connectivity index (χ1) is 8.77. The van der Waals surface area contributed by atoms with E-state index in [1.54, 1.807) is 11.8 Å². The average molecular weight is 263 g/mol. The molecule has 0 amide bonds. The van der Waals surface area contributed by atoms with Crippen LogP contribution in [-0.4, -0.2) is 34.7 Å². The van der Waals surface area contributed by atoms with E-state index < -0.39 is 0 Å². The Balaban J connectivity index is 1.74. The van der Waals surface area contributed by atoms with E-state index in [9.17, 15) is 0 Å². The number of anilines is 1. The number of aromatic nitrogens is 1. The van der Waals surface area contributed by atoms with Crippen LogP contribution in [0.1, 0.15) is 18.4 Å². The highest BCUT2D eigenvalue weighted by Crippen LogP contribution is 2.36. The lowest BCUT2D eigenvalue weighted by Crippen LogP contribution is -2.34. The van der Waals surface area contributed by atoms with Gasteiger partial charge in [-0.05, 0) is 31.4 Å². The van der Waals surface area contributed by atoms with Gasteiger partial charge in [-0.1, -0.05) is 11.8 Å². The summed E-state index contributed by atoms with van der Waals surface area (Å²) in [5.74, 6) is 1.07. The Morgan fingerprint density at radius 2 is 2.22 bits per heavy atom. The topological polar surface area (TPSA) is 46.5 Å². The molecule has 1 saturated heterocycles. The minimum Gasteiger partial charge on any atom is -0.381 e. The van der Waals surface area contributed by atoms with Crippen LogP contribution in [0.5, 0.6) is 0 Å². The summed E-state index contributed by atoms with van der Waals surface area (Å²) in [4.78, 5) is 9.02. The van der Waals surface area contributed by atoms with Crippen molar-refractivity contribution in [1.29, 1.82) is 0 Å². The largest absolute Gasteiger partial charge is 0.381 e. The highest BCUT2D eigenvalue weighted by molar-refractivity contribution is 8.14. The fraction of sp³-hybridized carbons (Fsp3) is 0.538. The molecule has 0 unspecified atom stereocenters. The molecule has 1 fully saturated rings. The van der Waals surface area contributed by atoms with Crippen molar-refractivity contribution in [1.82, 2.24) is 4.98 Å². The van der Waals surface area contributed by atoms with Gasteiger partial charge in [-0.15, -0.1) is 0 Å². The molecule has 0 saturated carbocycles. The summed E-state index contributed by atoms with van der Waals surface area (Å²) in [7, 11) is 0. The summed E-state index contributed by atoms with van der Waals surface area (Å²) in [6.07, 6.45) is 5.74. The summed E-state index contributed by atoms with van der Waals surface area (Å²) in [5.41, 5.74) is 2.36. The third-order valence-corrected chi connectivity index (χ3v) is 4.67. The van der Waals surface area contributed by atoms with Crippen LogP contribution >= 0.6 is 11.8 Å². The minimum absolute atomic E-state index is 0.112. The fourth-order valence-electron chi connectivity index (χ4n) is 2.26. The highest BCUT2D eigenvalue weighted by atomic mass is 32.2. The van der Waals surface area contributed by atoms with Crippen molar-refractivity contribution in [3.8, 4) is 0 Å². The molecule has 2 aliphatic heterocycles. The monoisotopic (exact) mass is 263 g/mol. The Morgan fingerprint density at radius 3 is 3.00 bits per heavy atom. The molecule has 2 aliphatic rings. The molecule has 1 aromatic rings. The van der Waals surface area contributed by atoms with Crippen LogP contribution in [0.3, 0.4) is 0 Å². The van der Waals surface area contributed by atoms with E-state index in [2.05, 4.69) is 17.2 Å². The molecule has 3 heterocycles. The van der Waals surface area contributed by atoms with Gasteiger partial charge in [-0.25, -0.2) is 0 Å². The summed E-state index contributed by atoms with van der Waals surface area (Å²) in [6.45, 7) is 3.75. The molecule has 4 nitrogen and oxygen atoms in total. The van der Waals surface area contributed by atoms with Gasteiger partial charge in [-0.3, -0.25) is 9.98 Å². The van der Waals surface area contributed by atoms with Crippen molar-refractivity contribution in [2.75, 3.05) is 24.3 Å². The Kier molecular flexibility index (Phi) is 3.26. The third-order valence-electron chi connectivity index (χ3n) is 3.52. The van der Waals surface area contributed by atoms with E-state index in [1.807, 2.05) is 18.5 Å². The van der Waals surface area contributed by atoms with Gasteiger partial charge in [0.15, 0.2) is 5.17 Å². The molecule has 5 heteroatoms. The van der Waals surface area contributed by atoms with Gasteiger partial charge in [0.25, 0.3) is 0 Å². The van der Waals surface area contributed by atoms with Gasteiger partial charge >= 0.3 is 0 Å². The molecule has 1 aromatic heterocycles. The molecule has 0 radical (unpaired) electrons. The van der Waals surface area contributed by atoms with Crippen LogP contribution in [-0.2, 0) is 4.74 Å². The number of aliphatic imine (C=N–C) groups is 1. The quantitative estimate of drug-likeness (QED) is 0.845. The highest BCUT2D eigenvalue weighted by Gasteiger charge is 2.37. The summed E-state index contributed by atoms with van der Waals surface area (Å²) in [5, 5.41) is 4.41. The number of rotatable bonds is 1. The van der Waals surface area contributed by atoms with Gasteiger partial charge in [0, 0.05) is 25.2 Å². The molecule has 0 bridgehead atoms. The SMILES string of the molecule is Cc1ccncc1NC1=NC2(CCOCC2)CS1.